The van der Waals surface area contributed by atoms with E-state index < -0.39 is 5.97 Å². The van der Waals surface area contributed by atoms with Gasteiger partial charge in [-0.05, 0) is 19.8 Å². The Balaban J connectivity index is 2.51. The molecule has 5 heteroatoms. The van der Waals surface area contributed by atoms with E-state index in [1.54, 1.807) is 4.90 Å². The standard InChI is InChI=1S/C10H18N2O3/c1-2-12(6-3-8(13)14)9(15)10(7-11)4-5-10/h2-7,11H2,1H3,(H,13,14). The van der Waals surface area contributed by atoms with Crippen LogP contribution in [0.4, 0.5) is 0 Å². The van der Waals surface area contributed by atoms with Crippen molar-refractivity contribution in [1.29, 1.82) is 0 Å². The molecule has 1 saturated carbocycles. The summed E-state index contributed by atoms with van der Waals surface area (Å²) in [5.41, 5.74) is 5.19. The number of carbonyl (C=O) groups is 2. The lowest BCUT2D eigenvalue weighted by molar-refractivity contribution is -0.140. The summed E-state index contributed by atoms with van der Waals surface area (Å²) in [6, 6.07) is 0. The second-order valence-electron chi connectivity index (χ2n) is 4.01. The van der Waals surface area contributed by atoms with Crippen LogP contribution in [0.1, 0.15) is 26.2 Å². The van der Waals surface area contributed by atoms with Crippen molar-refractivity contribution in [3.63, 3.8) is 0 Å². The van der Waals surface area contributed by atoms with E-state index in [-0.39, 0.29) is 24.3 Å². The Morgan fingerprint density at radius 2 is 2.07 bits per heavy atom. The average Bonchev–Trinajstić information content (AvgIpc) is 2.98. The van der Waals surface area contributed by atoms with Gasteiger partial charge in [0.15, 0.2) is 0 Å². The zero-order valence-corrected chi connectivity index (χ0v) is 9.03. The molecule has 0 heterocycles. The molecule has 0 aromatic heterocycles. The van der Waals surface area contributed by atoms with E-state index in [0.29, 0.717) is 13.1 Å². The predicted octanol–water partition coefficient (Wildman–Crippen LogP) is 0.0485. The minimum absolute atomic E-state index is 0.000230. The van der Waals surface area contributed by atoms with Gasteiger partial charge >= 0.3 is 5.97 Å². The SMILES string of the molecule is CCN(CCC(=O)O)C(=O)C1(CN)CC1. The molecule has 86 valence electrons. The number of carboxylic acid groups (broad SMARTS) is 1. The monoisotopic (exact) mass is 214 g/mol. The van der Waals surface area contributed by atoms with Crippen molar-refractivity contribution in [2.45, 2.75) is 26.2 Å². The van der Waals surface area contributed by atoms with Gasteiger partial charge in [0.25, 0.3) is 0 Å². The van der Waals surface area contributed by atoms with E-state index in [9.17, 15) is 9.59 Å². The number of rotatable bonds is 6. The van der Waals surface area contributed by atoms with Crippen LogP contribution in [0.2, 0.25) is 0 Å². The summed E-state index contributed by atoms with van der Waals surface area (Å²) in [5.74, 6) is -0.854. The Kier molecular flexibility index (Phi) is 3.68. The molecule has 1 aliphatic carbocycles. The molecular weight excluding hydrogens is 196 g/mol. The first-order valence-electron chi connectivity index (χ1n) is 5.27. The maximum absolute atomic E-state index is 12.0. The van der Waals surface area contributed by atoms with Crippen LogP contribution >= 0.6 is 0 Å². The Bertz CT molecular complexity index is 261. The lowest BCUT2D eigenvalue weighted by Gasteiger charge is -2.24. The summed E-state index contributed by atoms with van der Waals surface area (Å²) in [7, 11) is 0. The molecule has 15 heavy (non-hydrogen) atoms. The molecule has 0 aromatic carbocycles. The predicted molar refractivity (Wildman–Crippen MR) is 55.2 cm³/mol. The van der Waals surface area contributed by atoms with Crippen LogP contribution in [0.15, 0.2) is 0 Å². The summed E-state index contributed by atoms with van der Waals surface area (Å²) in [4.78, 5) is 24.0. The van der Waals surface area contributed by atoms with Gasteiger partial charge in [0, 0.05) is 19.6 Å². The Morgan fingerprint density at radius 3 is 2.40 bits per heavy atom. The summed E-state index contributed by atoms with van der Waals surface area (Å²) in [5, 5.41) is 8.55. The molecule has 1 aliphatic rings. The van der Waals surface area contributed by atoms with E-state index in [2.05, 4.69) is 0 Å². The van der Waals surface area contributed by atoms with Gasteiger partial charge in [-0.25, -0.2) is 0 Å². The number of aliphatic carboxylic acids is 1. The third-order valence-electron chi connectivity index (χ3n) is 2.96. The van der Waals surface area contributed by atoms with Gasteiger partial charge in [0.2, 0.25) is 5.91 Å². The topological polar surface area (TPSA) is 83.6 Å². The van der Waals surface area contributed by atoms with Crippen LogP contribution in [-0.2, 0) is 9.59 Å². The molecule has 0 bridgehead atoms. The molecule has 1 fully saturated rings. The third-order valence-corrected chi connectivity index (χ3v) is 2.96. The summed E-state index contributed by atoms with van der Waals surface area (Å²) in [6.45, 7) is 3.06. The molecule has 0 spiro atoms. The van der Waals surface area contributed by atoms with Crippen LogP contribution in [0.5, 0.6) is 0 Å². The smallest absolute Gasteiger partial charge is 0.305 e. The van der Waals surface area contributed by atoms with Gasteiger partial charge in [-0.2, -0.15) is 0 Å². The van der Waals surface area contributed by atoms with Crippen LogP contribution in [-0.4, -0.2) is 41.5 Å². The normalized spacial score (nSPS) is 17.2. The molecule has 0 aliphatic heterocycles. The minimum Gasteiger partial charge on any atom is -0.481 e. The second-order valence-corrected chi connectivity index (χ2v) is 4.01. The number of nitrogens with zero attached hydrogens (tertiary/aromatic N) is 1. The zero-order valence-electron chi connectivity index (χ0n) is 9.03. The van der Waals surface area contributed by atoms with Crippen LogP contribution in [0, 0.1) is 5.41 Å². The number of nitrogens with two attached hydrogens (primary N) is 1. The van der Waals surface area contributed by atoms with E-state index >= 15 is 0 Å². The van der Waals surface area contributed by atoms with Crippen molar-refractivity contribution in [1.82, 2.24) is 4.90 Å². The lowest BCUT2D eigenvalue weighted by atomic mass is 10.1. The minimum atomic E-state index is -0.876. The largest absolute Gasteiger partial charge is 0.481 e. The van der Waals surface area contributed by atoms with Gasteiger partial charge in [-0.15, -0.1) is 0 Å². The number of hydrogen-bond acceptors (Lipinski definition) is 3. The highest BCUT2D eigenvalue weighted by Crippen LogP contribution is 2.46. The zero-order chi connectivity index (χ0) is 11.5. The maximum atomic E-state index is 12.0. The highest BCUT2D eigenvalue weighted by Gasteiger charge is 2.50. The molecule has 1 rings (SSSR count). The molecule has 0 radical (unpaired) electrons. The van der Waals surface area contributed by atoms with E-state index in [1.165, 1.54) is 0 Å². The summed E-state index contributed by atoms with van der Waals surface area (Å²) >= 11 is 0. The van der Waals surface area contributed by atoms with Crippen LogP contribution in [0.25, 0.3) is 0 Å². The third kappa shape index (κ3) is 2.68. The van der Waals surface area contributed by atoms with Crippen molar-refractivity contribution in [3.8, 4) is 0 Å². The lowest BCUT2D eigenvalue weighted by Crippen LogP contribution is -2.41. The maximum Gasteiger partial charge on any atom is 0.305 e. The van der Waals surface area contributed by atoms with Gasteiger partial charge in [-0.3, -0.25) is 9.59 Å². The fourth-order valence-corrected chi connectivity index (χ4v) is 1.63. The number of hydrogen-bond donors (Lipinski definition) is 2. The molecule has 1 amide bonds. The van der Waals surface area contributed by atoms with Crippen LogP contribution < -0.4 is 5.73 Å². The fraction of sp³-hybridized carbons (Fsp3) is 0.800. The van der Waals surface area contributed by atoms with Gasteiger partial charge in [0.05, 0.1) is 11.8 Å². The van der Waals surface area contributed by atoms with E-state index in [4.69, 9.17) is 10.8 Å². The molecule has 0 saturated heterocycles. The molecule has 0 unspecified atom stereocenters. The van der Waals surface area contributed by atoms with E-state index in [0.717, 1.165) is 12.8 Å². The molecule has 3 N–H and O–H groups in total. The van der Waals surface area contributed by atoms with Gasteiger partial charge in [0.1, 0.15) is 0 Å². The number of carboxylic acids is 1. The molecular formula is C10H18N2O3. The highest BCUT2D eigenvalue weighted by molar-refractivity contribution is 5.86. The summed E-state index contributed by atoms with van der Waals surface area (Å²) in [6.07, 6.45) is 1.68. The first-order chi connectivity index (χ1) is 7.05. The Hall–Kier alpha value is -1.10. The first-order valence-corrected chi connectivity index (χ1v) is 5.27. The van der Waals surface area contributed by atoms with Gasteiger partial charge in [-0.1, -0.05) is 0 Å². The quantitative estimate of drug-likeness (QED) is 0.654. The molecule has 0 aromatic rings. The Labute approximate surface area is 89.2 Å². The average molecular weight is 214 g/mol. The molecule has 5 nitrogen and oxygen atoms in total. The Morgan fingerprint density at radius 1 is 1.47 bits per heavy atom. The van der Waals surface area contributed by atoms with Crippen molar-refractivity contribution >= 4 is 11.9 Å². The van der Waals surface area contributed by atoms with Crippen molar-refractivity contribution in [2.75, 3.05) is 19.6 Å². The second kappa shape index (κ2) is 4.61. The summed E-state index contributed by atoms with van der Waals surface area (Å²) < 4.78 is 0. The highest BCUT2D eigenvalue weighted by atomic mass is 16.4. The van der Waals surface area contributed by atoms with Gasteiger partial charge < -0.3 is 15.7 Å². The van der Waals surface area contributed by atoms with Crippen LogP contribution in [0.3, 0.4) is 0 Å². The first kappa shape index (κ1) is 12.0. The van der Waals surface area contributed by atoms with Crippen molar-refractivity contribution < 1.29 is 14.7 Å². The van der Waals surface area contributed by atoms with Crippen molar-refractivity contribution in [2.24, 2.45) is 11.1 Å². The molecule has 0 atom stereocenters. The number of amides is 1. The van der Waals surface area contributed by atoms with Crippen molar-refractivity contribution in [3.05, 3.63) is 0 Å². The number of carbonyl (C=O) groups excluding carboxylic acids is 1. The fourth-order valence-electron chi connectivity index (χ4n) is 1.63. The van der Waals surface area contributed by atoms with E-state index in [1.807, 2.05) is 6.92 Å².